The Kier molecular flexibility index (Phi) is 4.73. The van der Waals surface area contributed by atoms with E-state index in [1.54, 1.807) is 7.11 Å². The summed E-state index contributed by atoms with van der Waals surface area (Å²) in [5, 5.41) is 3.02. The molecule has 1 aromatic rings. The number of piperidine rings is 1. The monoisotopic (exact) mass is 279 g/mol. The molecule has 7 nitrogen and oxygen atoms in total. The molecule has 2 rings (SSSR count). The second-order valence-corrected chi connectivity index (χ2v) is 4.87. The highest BCUT2D eigenvalue weighted by Crippen LogP contribution is 2.23. The van der Waals surface area contributed by atoms with E-state index in [0.717, 1.165) is 37.6 Å². The molecule has 0 aromatic carbocycles. The summed E-state index contributed by atoms with van der Waals surface area (Å²) in [4.78, 5) is 22.2. The number of carbonyl (C=O) groups excluding carboxylic acids is 1. The Morgan fingerprint density at radius 1 is 1.50 bits per heavy atom. The van der Waals surface area contributed by atoms with E-state index in [1.165, 1.54) is 0 Å². The normalized spacial score (nSPS) is 16.2. The summed E-state index contributed by atoms with van der Waals surface area (Å²) < 4.78 is 5.09. The molecular weight excluding hydrogens is 258 g/mol. The van der Waals surface area contributed by atoms with Gasteiger partial charge in [0, 0.05) is 39.2 Å². The van der Waals surface area contributed by atoms with Crippen LogP contribution in [0.25, 0.3) is 0 Å². The maximum absolute atomic E-state index is 11.2. The predicted molar refractivity (Wildman–Crippen MR) is 76.4 cm³/mol. The second kappa shape index (κ2) is 6.51. The van der Waals surface area contributed by atoms with Gasteiger partial charge in [-0.25, -0.2) is 9.97 Å². The van der Waals surface area contributed by atoms with Gasteiger partial charge in [-0.2, -0.15) is 0 Å². The Hall–Kier alpha value is -1.89. The van der Waals surface area contributed by atoms with Crippen LogP contribution < -0.4 is 16.0 Å². The molecule has 0 spiro atoms. The number of ether oxygens (including phenoxy) is 1. The smallest absolute Gasteiger partial charge is 0.220 e. The fourth-order valence-corrected chi connectivity index (χ4v) is 2.36. The number of amides is 1. The number of nitrogens with one attached hydrogen (secondary N) is 1. The van der Waals surface area contributed by atoms with E-state index in [9.17, 15) is 4.79 Å². The molecule has 1 fully saturated rings. The Morgan fingerprint density at radius 2 is 2.20 bits per heavy atom. The van der Waals surface area contributed by atoms with Crippen molar-refractivity contribution in [1.29, 1.82) is 0 Å². The van der Waals surface area contributed by atoms with Crippen molar-refractivity contribution >= 4 is 17.5 Å². The quantitative estimate of drug-likeness (QED) is 0.808. The molecule has 1 amide bonds. The van der Waals surface area contributed by atoms with Crippen LogP contribution in [-0.2, 0) is 16.1 Å². The first-order chi connectivity index (χ1) is 9.63. The van der Waals surface area contributed by atoms with Crippen LogP contribution in [-0.4, -0.2) is 43.1 Å². The molecule has 0 atom stereocenters. The maximum Gasteiger partial charge on any atom is 0.220 e. The van der Waals surface area contributed by atoms with Crippen LogP contribution >= 0.6 is 0 Å². The highest BCUT2D eigenvalue weighted by Gasteiger charge is 2.24. The lowest BCUT2D eigenvalue weighted by atomic mass is 9.96. The molecular formula is C13H21N5O2. The third-order valence-electron chi connectivity index (χ3n) is 3.51. The Morgan fingerprint density at radius 3 is 2.75 bits per heavy atom. The number of nitrogens with zero attached hydrogens (tertiary/aromatic N) is 3. The first-order valence-electron chi connectivity index (χ1n) is 6.73. The van der Waals surface area contributed by atoms with Crippen molar-refractivity contribution in [2.24, 2.45) is 11.7 Å². The minimum atomic E-state index is -0.205. The van der Waals surface area contributed by atoms with Gasteiger partial charge in [-0.1, -0.05) is 0 Å². The van der Waals surface area contributed by atoms with Crippen LogP contribution in [0.1, 0.15) is 18.7 Å². The summed E-state index contributed by atoms with van der Waals surface area (Å²) in [7, 11) is 3.44. The van der Waals surface area contributed by atoms with E-state index in [1.807, 2.05) is 13.1 Å². The number of hydrogen-bond acceptors (Lipinski definition) is 6. The molecule has 0 saturated carbocycles. The molecule has 1 aliphatic heterocycles. The van der Waals surface area contributed by atoms with Gasteiger partial charge in [0.15, 0.2) is 5.82 Å². The van der Waals surface area contributed by atoms with E-state index >= 15 is 0 Å². The minimum absolute atomic E-state index is 0.0182. The van der Waals surface area contributed by atoms with E-state index < -0.39 is 0 Å². The molecule has 110 valence electrons. The molecule has 7 heteroatoms. The van der Waals surface area contributed by atoms with Gasteiger partial charge in [-0.3, -0.25) is 4.79 Å². The summed E-state index contributed by atoms with van der Waals surface area (Å²) in [6, 6.07) is 1.91. The summed E-state index contributed by atoms with van der Waals surface area (Å²) in [6.07, 6.45) is 1.54. The molecule has 1 aliphatic rings. The van der Waals surface area contributed by atoms with Gasteiger partial charge in [0.05, 0.1) is 0 Å². The Labute approximate surface area is 118 Å². The van der Waals surface area contributed by atoms with E-state index in [4.69, 9.17) is 10.5 Å². The molecule has 0 radical (unpaired) electrons. The summed E-state index contributed by atoms with van der Waals surface area (Å²) in [6.45, 7) is 1.93. The Balaban J connectivity index is 2.12. The van der Waals surface area contributed by atoms with Crippen molar-refractivity contribution < 1.29 is 9.53 Å². The van der Waals surface area contributed by atoms with Crippen LogP contribution in [0, 0.1) is 5.92 Å². The largest absolute Gasteiger partial charge is 0.377 e. The van der Waals surface area contributed by atoms with Gasteiger partial charge in [-0.15, -0.1) is 0 Å². The highest BCUT2D eigenvalue weighted by molar-refractivity contribution is 5.77. The maximum atomic E-state index is 11.2. The average molecular weight is 279 g/mol. The lowest BCUT2D eigenvalue weighted by Gasteiger charge is -2.31. The molecule has 0 bridgehead atoms. The van der Waals surface area contributed by atoms with Crippen LogP contribution in [0.5, 0.6) is 0 Å². The van der Waals surface area contributed by atoms with E-state index in [2.05, 4.69) is 20.2 Å². The zero-order valence-corrected chi connectivity index (χ0v) is 11.9. The van der Waals surface area contributed by atoms with E-state index in [0.29, 0.717) is 12.4 Å². The lowest BCUT2D eigenvalue weighted by molar-refractivity contribution is -0.122. The van der Waals surface area contributed by atoms with E-state index in [-0.39, 0.29) is 11.8 Å². The zero-order valence-electron chi connectivity index (χ0n) is 11.9. The topological polar surface area (TPSA) is 93.4 Å². The summed E-state index contributed by atoms with van der Waals surface area (Å²) >= 11 is 0. The zero-order chi connectivity index (χ0) is 14.5. The third kappa shape index (κ3) is 3.36. The number of aromatic nitrogens is 2. The fraction of sp³-hybridized carbons (Fsp3) is 0.615. The van der Waals surface area contributed by atoms with Crippen LogP contribution in [0.15, 0.2) is 6.07 Å². The average Bonchev–Trinajstić information content (AvgIpc) is 2.47. The number of carbonyl (C=O) groups is 1. The fourth-order valence-electron chi connectivity index (χ4n) is 2.36. The molecule has 1 aromatic heterocycles. The van der Waals surface area contributed by atoms with Gasteiger partial charge in [0.1, 0.15) is 18.2 Å². The summed E-state index contributed by atoms with van der Waals surface area (Å²) in [5.41, 5.74) is 5.35. The number of rotatable bonds is 5. The van der Waals surface area contributed by atoms with Gasteiger partial charge < -0.3 is 20.7 Å². The van der Waals surface area contributed by atoms with Gasteiger partial charge in [0.25, 0.3) is 0 Å². The van der Waals surface area contributed by atoms with Gasteiger partial charge >= 0.3 is 0 Å². The van der Waals surface area contributed by atoms with Crippen LogP contribution in [0.2, 0.25) is 0 Å². The first-order valence-corrected chi connectivity index (χ1v) is 6.73. The molecule has 0 aliphatic carbocycles. The van der Waals surface area contributed by atoms with Crippen molar-refractivity contribution in [3.8, 4) is 0 Å². The van der Waals surface area contributed by atoms with Crippen molar-refractivity contribution in [2.45, 2.75) is 19.4 Å². The molecule has 2 heterocycles. The van der Waals surface area contributed by atoms with Crippen molar-refractivity contribution in [1.82, 2.24) is 9.97 Å². The number of nitrogens with two attached hydrogens (primary N) is 1. The SMILES string of the molecule is CNc1cc(N2CCC(C(N)=O)CC2)nc(COC)n1. The number of methoxy groups -OCH3 is 1. The molecule has 20 heavy (non-hydrogen) atoms. The predicted octanol–water partition coefficient (Wildman–Crippen LogP) is 0.366. The van der Waals surface area contributed by atoms with Crippen molar-refractivity contribution in [2.75, 3.05) is 37.5 Å². The standard InChI is InChI=1S/C13H21N5O2/c1-15-10-7-12(17-11(16-10)8-20-2)18-5-3-9(4-6-18)13(14)19/h7,9H,3-6,8H2,1-2H3,(H2,14,19)(H,15,16,17). The van der Waals surface area contributed by atoms with Crippen molar-refractivity contribution in [3.63, 3.8) is 0 Å². The molecule has 3 N–H and O–H groups in total. The van der Waals surface area contributed by atoms with Crippen LogP contribution in [0.3, 0.4) is 0 Å². The highest BCUT2D eigenvalue weighted by atomic mass is 16.5. The molecule has 1 saturated heterocycles. The number of anilines is 2. The van der Waals surface area contributed by atoms with Crippen LogP contribution in [0.4, 0.5) is 11.6 Å². The number of hydrogen-bond donors (Lipinski definition) is 2. The Bertz CT molecular complexity index is 472. The molecule has 0 unspecified atom stereocenters. The first kappa shape index (κ1) is 14.5. The number of primary amides is 1. The lowest BCUT2D eigenvalue weighted by Crippen LogP contribution is -2.39. The van der Waals surface area contributed by atoms with Crippen molar-refractivity contribution in [3.05, 3.63) is 11.9 Å². The van der Waals surface area contributed by atoms with Gasteiger partial charge in [0.2, 0.25) is 5.91 Å². The van der Waals surface area contributed by atoms with Gasteiger partial charge in [-0.05, 0) is 12.8 Å². The third-order valence-corrected chi connectivity index (χ3v) is 3.51. The second-order valence-electron chi connectivity index (χ2n) is 4.87. The minimum Gasteiger partial charge on any atom is -0.377 e. The summed E-state index contributed by atoms with van der Waals surface area (Å²) in [5.74, 6) is 2.04.